The molecule has 1 heterocycles. The van der Waals surface area contributed by atoms with Crippen molar-refractivity contribution in [3.63, 3.8) is 0 Å². The van der Waals surface area contributed by atoms with Gasteiger partial charge in [0.05, 0.1) is 5.39 Å². The minimum Gasteiger partial charge on any atom is -0.463 e. The maximum Gasteiger partial charge on any atom is 0.203 e. The molecule has 0 aliphatic carbocycles. The molecule has 0 aliphatic rings. The summed E-state index contributed by atoms with van der Waals surface area (Å²) < 4.78 is 5.37. The van der Waals surface area contributed by atoms with E-state index in [0.29, 0.717) is 21.6 Å². The van der Waals surface area contributed by atoms with E-state index in [-0.39, 0.29) is 16.8 Å². The smallest absolute Gasteiger partial charge is 0.203 e. The largest absolute Gasteiger partial charge is 0.463 e. The number of halogens is 1. The molecule has 4 heteroatoms. The van der Waals surface area contributed by atoms with Crippen LogP contribution < -0.4 is 5.43 Å². The van der Waals surface area contributed by atoms with Gasteiger partial charge in [0.1, 0.15) is 17.4 Å². The molecule has 0 atom stereocenters. The molecule has 0 unspecified atom stereocenters. The molecule has 3 rings (SSSR count). The summed E-state index contributed by atoms with van der Waals surface area (Å²) in [4.78, 5) is 24.8. The highest BCUT2D eigenvalue weighted by Gasteiger charge is 2.16. The Morgan fingerprint density at radius 1 is 1.10 bits per heavy atom. The number of aryl methyl sites for hydroxylation is 1. The zero-order valence-corrected chi connectivity index (χ0v) is 12.0. The summed E-state index contributed by atoms with van der Waals surface area (Å²) in [6.07, 6.45) is 1.21. The lowest BCUT2D eigenvalue weighted by atomic mass is 10.0. The van der Waals surface area contributed by atoms with Crippen molar-refractivity contribution in [2.45, 2.75) is 6.92 Å². The molecule has 0 spiro atoms. The average Bonchev–Trinajstić information content (AvgIpc) is 2.48. The van der Waals surface area contributed by atoms with E-state index in [4.69, 9.17) is 16.0 Å². The summed E-state index contributed by atoms with van der Waals surface area (Å²) in [6.45, 7) is 1.93. The summed E-state index contributed by atoms with van der Waals surface area (Å²) >= 11 is 5.89. The van der Waals surface area contributed by atoms with E-state index in [1.54, 1.807) is 24.3 Å². The average molecular weight is 299 g/mol. The monoisotopic (exact) mass is 298 g/mol. The van der Waals surface area contributed by atoms with E-state index in [1.807, 2.05) is 19.1 Å². The molecule has 0 bridgehead atoms. The Balaban J connectivity index is 2.16. The number of fused-ring (bicyclic) bond motifs is 1. The Bertz CT molecular complexity index is 892. The van der Waals surface area contributed by atoms with E-state index >= 15 is 0 Å². The Kier molecular flexibility index (Phi) is 3.35. The summed E-state index contributed by atoms with van der Waals surface area (Å²) in [5.41, 5.74) is 1.54. The zero-order chi connectivity index (χ0) is 15.0. The van der Waals surface area contributed by atoms with E-state index in [2.05, 4.69) is 0 Å². The van der Waals surface area contributed by atoms with E-state index in [9.17, 15) is 9.59 Å². The molecule has 0 saturated carbocycles. The van der Waals surface area contributed by atoms with Crippen LogP contribution in [-0.4, -0.2) is 5.78 Å². The lowest BCUT2D eigenvalue weighted by molar-refractivity contribution is 0.103. The van der Waals surface area contributed by atoms with Gasteiger partial charge >= 0.3 is 0 Å². The van der Waals surface area contributed by atoms with Crippen molar-refractivity contribution >= 4 is 28.4 Å². The normalized spacial score (nSPS) is 10.8. The molecule has 3 nitrogen and oxygen atoms in total. The Hall–Kier alpha value is -2.39. The minimum absolute atomic E-state index is 0.00798. The summed E-state index contributed by atoms with van der Waals surface area (Å²) in [7, 11) is 0. The SMILES string of the molecule is Cc1ccc(C(=O)c2coc3ccc(Cl)cc3c2=O)cc1. The number of hydrogen-bond acceptors (Lipinski definition) is 3. The Labute approximate surface area is 125 Å². The van der Waals surface area contributed by atoms with Gasteiger partial charge in [-0.2, -0.15) is 0 Å². The van der Waals surface area contributed by atoms with Gasteiger partial charge in [-0.15, -0.1) is 0 Å². The lowest BCUT2D eigenvalue weighted by Gasteiger charge is -2.03. The van der Waals surface area contributed by atoms with Crippen molar-refractivity contribution in [2.24, 2.45) is 0 Å². The van der Waals surface area contributed by atoms with Crippen molar-refractivity contribution in [2.75, 3.05) is 0 Å². The second-order valence-corrected chi connectivity index (χ2v) is 5.25. The third kappa shape index (κ3) is 2.48. The van der Waals surface area contributed by atoms with E-state index < -0.39 is 0 Å². The van der Waals surface area contributed by atoms with Crippen LogP contribution in [0.15, 0.2) is 57.9 Å². The van der Waals surface area contributed by atoms with Gasteiger partial charge in [-0.25, -0.2) is 0 Å². The van der Waals surface area contributed by atoms with Crippen molar-refractivity contribution in [3.8, 4) is 0 Å². The fourth-order valence-corrected chi connectivity index (χ4v) is 2.29. The topological polar surface area (TPSA) is 47.3 Å². The molecule has 0 aliphatic heterocycles. The highest BCUT2D eigenvalue weighted by Crippen LogP contribution is 2.18. The van der Waals surface area contributed by atoms with Crippen LogP contribution in [0.4, 0.5) is 0 Å². The van der Waals surface area contributed by atoms with E-state index in [0.717, 1.165) is 5.56 Å². The number of rotatable bonds is 2. The molecule has 1 aromatic heterocycles. The molecule has 3 aromatic rings. The van der Waals surface area contributed by atoms with Crippen molar-refractivity contribution in [1.82, 2.24) is 0 Å². The van der Waals surface area contributed by atoms with Gasteiger partial charge in [-0.3, -0.25) is 9.59 Å². The zero-order valence-electron chi connectivity index (χ0n) is 11.2. The van der Waals surface area contributed by atoms with Crippen LogP contribution in [-0.2, 0) is 0 Å². The molecular weight excluding hydrogens is 288 g/mol. The van der Waals surface area contributed by atoms with Gasteiger partial charge in [0.2, 0.25) is 5.43 Å². The van der Waals surface area contributed by atoms with Crippen LogP contribution >= 0.6 is 11.6 Å². The Morgan fingerprint density at radius 2 is 1.81 bits per heavy atom. The second kappa shape index (κ2) is 5.19. The molecule has 2 aromatic carbocycles. The Morgan fingerprint density at radius 3 is 2.52 bits per heavy atom. The predicted octanol–water partition coefficient (Wildman–Crippen LogP) is 3.99. The molecule has 0 N–H and O–H groups in total. The first-order valence-corrected chi connectivity index (χ1v) is 6.76. The number of hydrogen-bond donors (Lipinski definition) is 0. The number of carbonyl (C=O) groups excluding carboxylic acids is 1. The van der Waals surface area contributed by atoms with Crippen molar-refractivity contribution in [3.05, 3.63) is 80.7 Å². The fraction of sp³-hybridized carbons (Fsp3) is 0.0588. The molecule has 0 amide bonds. The van der Waals surface area contributed by atoms with Gasteiger partial charge in [-0.05, 0) is 25.1 Å². The maximum absolute atomic E-state index is 12.4. The maximum atomic E-state index is 12.4. The van der Waals surface area contributed by atoms with Gasteiger partial charge < -0.3 is 4.42 Å². The quantitative estimate of drug-likeness (QED) is 0.672. The fourth-order valence-electron chi connectivity index (χ4n) is 2.12. The molecular formula is C17H11ClO3. The van der Waals surface area contributed by atoms with Gasteiger partial charge in [0.15, 0.2) is 5.78 Å². The van der Waals surface area contributed by atoms with Crippen LogP contribution in [0.5, 0.6) is 0 Å². The summed E-state index contributed by atoms with van der Waals surface area (Å²) in [6, 6.07) is 11.8. The molecule has 0 radical (unpaired) electrons. The highest BCUT2D eigenvalue weighted by atomic mass is 35.5. The third-order valence-corrected chi connectivity index (χ3v) is 3.53. The first-order chi connectivity index (χ1) is 10.1. The van der Waals surface area contributed by atoms with Crippen LogP contribution in [0.3, 0.4) is 0 Å². The van der Waals surface area contributed by atoms with E-state index in [1.165, 1.54) is 12.3 Å². The molecule has 104 valence electrons. The second-order valence-electron chi connectivity index (χ2n) is 4.81. The standard InChI is InChI=1S/C17H11ClO3/c1-10-2-4-11(5-3-10)16(19)14-9-21-15-7-6-12(18)8-13(15)17(14)20/h2-9H,1H3. The number of benzene rings is 2. The van der Waals surface area contributed by atoms with Crippen LogP contribution in [0.25, 0.3) is 11.0 Å². The molecule has 0 fully saturated rings. The molecule has 0 saturated heterocycles. The molecule has 21 heavy (non-hydrogen) atoms. The van der Waals surface area contributed by atoms with Gasteiger partial charge in [0.25, 0.3) is 0 Å². The van der Waals surface area contributed by atoms with Crippen LogP contribution in [0, 0.1) is 6.92 Å². The van der Waals surface area contributed by atoms with Crippen molar-refractivity contribution in [1.29, 1.82) is 0 Å². The van der Waals surface area contributed by atoms with Gasteiger partial charge in [-0.1, -0.05) is 41.4 Å². The minimum atomic E-state index is -0.371. The first kappa shape index (κ1) is 13.6. The summed E-state index contributed by atoms with van der Waals surface area (Å²) in [5, 5.41) is 0.732. The van der Waals surface area contributed by atoms with Crippen molar-refractivity contribution < 1.29 is 9.21 Å². The van der Waals surface area contributed by atoms with Crippen LogP contribution in [0.2, 0.25) is 5.02 Å². The third-order valence-electron chi connectivity index (χ3n) is 3.29. The number of carbonyl (C=O) groups is 1. The summed E-state index contributed by atoms with van der Waals surface area (Å²) in [5.74, 6) is -0.356. The first-order valence-electron chi connectivity index (χ1n) is 6.39. The number of ketones is 1. The lowest BCUT2D eigenvalue weighted by Crippen LogP contribution is -2.15. The predicted molar refractivity (Wildman–Crippen MR) is 82.1 cm³/mol. The highest BCUT2D eigenvalue weighted by molar-refractivity contribution is 6.31. The van der Waals surface area contributed by atoms with Gasteiger partial charge in [0, 0.05) is 10.6 Å². The van der Waals surface area contributed by atoms with Crippen LogP contribution in [0.1, 0.15) is 21.5 Å².